The average molecular weight is 371 g/mol. The fraction of sp³-hybridized carbons (Fsp3) is 0.333. The summed E-state index contributed by atoms with van der Waals surface area (Å²) in [5.41, 5.74) is 2.80. The number of hydrogen-bond donors (Lipinski definition) is 2. The van der Waals surface area contributed by atoms with Crippen LogP contribution in [0.1, 0.15) is 37.3 Å². The van der Waals surface area contributed by atoms with Gasteiger partial charge in [0.1, 0.15) is 0 Å². The lowest BCUT2D eigenvalue weighted by molar-refractivity contribution is -0.125. The molecule has 0 radical (unpaired) electrons. The van der Waals surface area contributed by atoms with Crippen molar-refractivity contribution in [2.24, 2.45) is 11.8 Å². The molecule has 2 unspecified atom stereocenters. The number of anilines is 1. The van der Waals surface area contributed by atoms with E-state index in [0.717, 1.165) is 16.8 Å². The largest absolute Gasteiger partial charge is 0.352 e. The van der Waals surface area contributed by atoms with Crippen molar-refractivity contribution in [1.29, 1.82) is 0 Å². The van der Waals surface area contributed by atoms with Gasteiger partial charge in [0, 0.05) is 17.3 Å². The second-order valence-electron chi connectivity index (χ2n) is 6.99. The normalized spacial score (nSPS) is 18.5. The van der Waals surface area contributed by atoms with Crippen molar-refractivity contribution >= 4 is 29.1 Å². The summed E-state index contributed by atoms with van der Waals surface area (Å²) in [4.78, 5) is 24.8. The summed E-state index contributed by atoms with van der Waals surface area (Å²) >= 11 is 6.10. The van der Waals surface area contributed by atoms with Gasteiger partial charge in [0.15, 0.2) is 0 Å². The number of para-hydroxylation sites is 1. The monoisotopic (exact) mass is 370 g/mol. The van der Waals surface area contributed by atoms with Gasteiger partial charge in [-0.15, -0.1) is 0 Å². The molecule has 2 amide bonds. The minimum Gasteiger partial charge on any atom is -0.352 e. The lowest BCUT2D eigenvalue weighted by atomic mass is 10.0. The zero-order valence-electron chi connectivity index (χ0n) is 15.0. The smallest absolute Gasteiger partial charge is 0.228 e. The van der Waals surface area contributed by atoms with Crippen molar-refractivity contribution in [3.05, 3.63) is 64.7 Å². The van der Waals surface area contributed by atoms with Crippen molar-refractivity contribution < 1.29 is 9.59 Å². The summed E-state index contributed by atoms with van der Waals surface area (Å²) in [5.74, 6) is -0.385. The fourth-order valence-electron chi connectivity index (χ4n) is 3.07. The second kappa shape index (κ2) is 7.92. The van der Waals surface area contributed by atoms with Crippen molar-refractivity contribution in [3.8, 4) is 0 Å². The zero-order chi connectivity index (χ0) is 18.7. The minimum absolute atomic E-state index is 0.0870. The predicted molar refractivity (Wildman–Crippen MR) is 104 cm³/mol. The summed E-state index contributed by atoms with van der Waals surface area (Å²) in [6, 6.07) is 15.2. The molecule has 1 saturated carbocycles. The van der Waals surface area contributed by atoms with E-state index in [-0.39, 0.29) is 23.7 Å². The number of carbonyl (C=O) groups excluding carboxylic acids is 2. The summed E-state index contributed by atoms with van der Waals surface area (Å²) in [6.07, 6.45) is 0.587. The number of rotatable bonds is 6. The Bertz CT molecular complexity index is 819. The van der Waals surface area contributed by atoms with Gasteiger partial charge in [-0.2, -0.15) is 0 Å². The van der Waals surface area contributed by atoms with Gasteiger partial charge in [-0.1, -0.05) is 61.8 Å². The molecule has 0 bridgehead atoms. The molecule has 2 aromatic rings. The first kappa shape index (κ1) is 18.5. The number of benzene rings is 2. The Morgan fingerprint density at radius 3 is 2.42 bits per heavy atom. The van der Waals surface area contributed by atoms with Crippen LogP contribution >= 0.6 is 11.6 Å². The molecule has 136 valence electrons. The van der Waals surface area contributed by atoms with Crippen LogP contribution in [0.4, 0.5) is 5.69 Å². The molecule has 2 atom stereocenters. The zero-order valence-corrected chi connectivity index (χ0v) is 15.7. The van der Waals surface area contributed by atoms with Gasteiger partial charge in [-0.25, -0.2) is 0 Å². The Morgan fingerprint density at radius 2 is 1.69 bits per heavy atom. The first-order valence-corrected chi connectivity index (χ1v) is 9.26. The van der Waals surface area contributed by atoms with Crippen molar-refractivity contribution in [3.63, 3.8) is 0 Å². The molecule has 3 rings (SSSR count). The van der Waals surface area contributed by atoms with Crippen LogP contribution in [0.2, 0.25) is 5.02 Å². The van der Waals surface area contributed by atoms with Crippen LogP contribution in [0.25, 0.3) is 0 Å². The number of hydrogen-bond acceptors (Lipinski definition) is 2. The highest BCUT2D eigenvalue weighted by molar-refractivity contribution is 6.31. The molecule has 0 aromatic heterocycles. The van der Waals surface area contributed by atoms with Crippen molar-refractivity contribution in [1.82, 2.24) is 5.32 Å². The first-order valence-electron chi connectivity index (χ1n) is 8.88. The number of amides is 2. The van der Waals surface area contributed by atoms with Gasteiger partial charge in [0.25, 0.3) is 0 Å². The van der Waals surface area contributed by atoms with Crippen molar-refractivity contribution in [2.75, 3.05) is 5.32 Å². The summed E-state index contributed by atoms with van der Waals surface area (Å²) < 4.78 is 0. The molecule has 1 fully saturated rings. The van der Waals surface area contributed by atoms with Gasteiger partial charge in [0.05, 0.1) is 11.8 Å². The third-order valence-corrected chi connectivity index (χ3v) is 5.08. The Morgan fingerprint density at radius 1 is 1.04 bits per heavy atom. The maximum Gasteiger partial charge on any atom is 0.228 e. The highest BCUT2D eigenvalue weighted by Gasteiger charge is 2.48. The molecule has 1 aliphatic rings. The number of nitrogens with one attached hydrogen (secondary N) is 2. The van der Waals surface area contributed by atoms with E-state index >= 15 is 0 Å². The number of carbonyl (C=O) groups is 2. The molecule has 1 aliphatic carbocycles. The first-order chi connectivity index (χ1) is 12.5. The van der Waals surface area contributed by atoms with Crippen LogP contribution in [0.5, 0.6) is 0 Å². The molecule has 26 heavy (non-hydrogen) atoms. The fourth-order valence-corrected chi connectivity index (χ4v) is 3.27. The molecule has 0 heterocycles. The van der Waals surface area contributed by atoms with E-state index in [1.165, 1.54) is 0 Å². The van der Waals surface area contributed by atoms with E-state index in [2.05, 4.69) is 24.5 Å². The molecule has 0 saturated heterocycles. The Labute approximate surface area is 158 Å². The average Bonchev–Trinajstić information content (AvgIpc) is 3.42. The molecule has 2 N–H and O–H groups in total. The Balaban J connectivity index is 1.54. The lowest BCUT2D eigenvalue weighted by Gasteiger charge is -2.13. The summed E-state index contributed by atoms with van der Waals surface area (Å²) in [5, 5.41) is 6.49. The highest BCUT2D eigenvalue weighted by Crippen LogP contribution is 2.40. The van der Waals surface area contributed by atoms with Crippen LogP contribution in [0.15, 0.2) is 48.5 Å². The molecule has 0 spiro atoms. The second-order valence-corrected chi connectivity index (χ2v) is 7.40. The Hall–Kier alpha value is -2.33. The lowest BCUT2D eigenvalue weighted by Crippen LogP contribution is -2.27. The third-order valence-electron chi connectivity index (χ3n) is 4.72. The molecule has 4 nitrogen and oxygen atoms in total. The van der Waals surface area contributed by atoms with Gasteiger partial charge in [-0.05, 0) is 35.6 Å². The van der Waals surface area contributed by atoms with Gasteiger partial charge >= 0.3 is 0 Å². The van der Waals surface area contributed by atoms with E-state index in [9.17, 15) is 9.59 Å². The van der Waals surface area contributed by atoms with Crippen LogP contribution in [0, 0.1) is 11.8 Å². The van der Waals surface area contributed by atoms with E-state index in [4.69, 9.17) is 11.6 Å². The van der Waals surface area contributed by atoms with Gasteiger partial charge < -0.3 is 10.6 Å². The van der Waals surface area contributed by atoms with E-state index in [0.29, 0.717) is 23.9 Å². The molecule has 2 aromatic carbocycles. The maximum absolute atomic E-state index is 12.5. The molecule has 5 heteroatoms. The van der Waals surface area contributed by atoms with E-state index < -0.39 is 0 Å². The summed E-state index contributed by atoms with van der Waals surface area (Å²) in [6.45, 7) is 4.56. The van der Waals surface area contributed by atoms with Crippen LogP contribution < -0.4 is 10.6 Å². The predicted octanol–water partition coefficient (Wildman–Crippen LogP) is 4.35. The maximum atomic E-state index is 12.5. The van der Waals surface area contributed by atoms with Gasteiger partial charge in [0.2, 0.25) is 11.8 Å². The molecule has 0 aliphatic heterocycles. The quantitative estimate of drug-likeness (QED) is 0.793. The van der Waals surface area contributed by atoms with E-state index in [1.807, 2.05) is 42.5 Å². The number of halogens is 1. The van der Waals surface area contributed by atoms with Crippen LogP contribution in [-0.2, 0) is 16.1 Å². The van der Waals surface area contributed by atoms with Crippen molar-refractivity contribution in [2.45, 2.75) is 32.7 Å². The summed E-state index contributed by atoms with van der Waals surface area (Å²) in [7, 11) is 0. The molecular weight excluding hydrogens is 348 g/mol. The minimum atomic E-state index is -0.263. The van der Waals surface area contributed by atoms with Crippen LogP contribution in [-0.4, -0.2) is 11.8 Å². The Kier molecular flexibility index (Phi) is 5.62. The SMILES string of the molecule is CC(C)c1ccccc1NC(=O)C1CC1C(=O)NCc1ccccc1Cl. The topological polar surface area (TPSA) is 58.2 Å². The standard InChI is InChI=1S/C21H23ClN2O2/c1-13(2)15-8-4-6-10-19(15)24-21(26)17-11-16(17)20(25)23-12-14-7-3-5-9-18(14)22/h3-10,13,16-17H,11-12H2,1-2H3,(H,23,25)(H,24,26). The highest BCUT2D eigenvalue weighted by atomic mass is 35.5. The van der Waals surface area contributed by atoms with Crippen LogP contribution in [0.3, 0.4) is 0 Å². The molecular formula is C21H23ClN2O2. The van der Waals surface area contributed by atoms with Gasteiger partial charge in [-0.3, -0.25) is 9.59 Å². The van der Waals surface area contributed by atoms with E-state index in [1.54, 1.807) is 6.07 Å². The third kappa shape index (κ3) is 4.25.